The quantitative estimate of drug-likeness (QED) is 0.0620. The molecule has 0 spiro atoms. The molecule has 7 aromatic rings. The first-order valence-corrected chi connectivity index (χ1v) is 27.6. The molecule has 26 heteroatoms. The van der Waals surface area contributed by atoms with Crippen molar-refractivity contribution in [3.63, 3.8) is 0 Å². The minimum absolute atomic E-state index is 0.0224. The van der Waals surface area contributed by atoms with Crippen LogP contribution < -0.4 is 29.8 Å². The Morgan fingerprint density at radius 2 is 1.03 bits per heavy atom. The number of anilines is 5. The second-order valence-electron chi connectivity index (χ2n) is 17.9. The summed E-state index contributed by atoms with van der Waals surface area (Å²) in [7, 11) is -2.44. The monoisotopic (exact) mass is 1150 g/mol. The SMILES string of the molecule is CN(CCC(=O)Cc1ccc(N2CCN(c3ccncc3)CC2)nc1)S(=O)(=O)c1cccc(Cl)c1Cl.O=[N+]([O-])c1ccc(Cl)nc1.O=[N+]([O-])c1ccc(N2CCN(c3ccncc3)CC2)nc1.c1cc(N2CCNCC2)ccn1. The first kappa shape index (κ1) is 59.0. The summed E-state index contributed by atoms with van der Waals surface area (Å²) in [5, 5.41) is 24.4. The molecule has 414 valence electrons. The summed E-state index contributed by atoms with van der Waals surface area (Å²) in [4.78, 5) is 67.9. The van der Waals surface area contributed by atoms with E-state index in [1.54, 1.807) is 37.1 Å². The normalized spacial score (nSPS) is 14.4. The zero-order valence-electron chi connectivity index (χ0n) is 43.1. The van der Waals surface area contributed by atoms with Gasteiger partial charge in [-0.05, 0) is 72.3 Å². The summed E-state index contributed by atoms with van der Waals surface area (Å²) in [6.45, 7) is 11.4. The van der Waals surface area contributed by atoms with E-state index in [1.807, 2.05) is 48.8 Å². The van der Waals surface area contributed by atoms with Crippen molar-refractivity contribution in [1.82, 2.24) is 39.5 Å². The molecular weight excluding hydrogens is 1100 g/mol. The van der Waals surface area contributed by atoms with Gasteiger partial charge in [-0.15, -0.1) is 0 Å². The van der Waals surface area contributed by atoms with Crippen molar-refractivity contribution in [2.75, 3.05) is 117 Å². The molecule has 3 aliphatic rings. The number of nitrogens with zero attached hydrogens (tertiary/aromatic N) is 14. The molecule has 0 radical (unpaired) electrons. The minimum Gasteiger partial charge on any atom is -0.369 e. The maximum absolute atomic E-state index is 12.8. The number of nitro groups is 2. The van der Waals surface area contributed by atoms with Crippen molar-refractivity contribution in [3.05, 3.63) is 188 Å². The standard InChI is InChI=1S/C25H27Cl2N5O3S.C14H15N5O2.C9H13N3.C5H3ClN2O2/c1-30(36(34,35)23-4-2-3-22(26)25(23)27)12-9-21(33)17-19-5-6-24(29-18-19)32-15-13-31(14-16-32)20-7-10-28-11-8-20;20-19(21)13-1-2-14(16-11-13)18-9-7-17(8-10-18)12-3-5-15-6-4-12;1-3-10-4-2-9(1)12-7-5-11-6-8-12;6-5-2-1-4(3-7-5)8(9)10/h2-8,10-11,18H,9,12-17H2,1H3;1-6,11H,7-10H2;1-4,11H,5-8H2;1-3H. The highest BCUT2D eigenvalue weighted by Gasteiger charge is 2.26. The van der Waals surface area contributed by atoms with E-state index >= 15 is 0 Å². The summed E-state index contributed by atoms with van der Waals surface area (Å²) in [5.41, 5.74) is 4.38. The van der Waals surface area contributed by atoms with Crippen LogP contribution in [0.25, 0.3) is 0 Å². The molecule has 1 aromatic carbocycles. The number of rotatable bonds is 14. The molecule has 0 saturated carbocycles. The third-order valence-corrected chi connectivity index (χ3v) is 15.8. The third kappa shape index (κ3) is 17.4. The average molecular weight is 1160 g/mol. The van der Waals surface area contributed by atoms with Gasteiger partial charge < -0.3 is 29.8 Å². The van der Waals surface area contributed by atoms with Gasteiger partial charge in [0.05, 0.1) is 19.9 Å². The maximum atomic E-state index is 12.8. The number of hydrogen-bond donors (Lipinski definition) is 1. The summed E-state index contributed by atoms with van der Waals surface area (Å²) in [5.74, 6) is 1.59. The Bertz CT molecular complexity index is 3150. The predicted molar refractivity (Wildman–Crippen MR) is 307 cm³/mol. The molecule has 9 heterocycles. The van der Waals surface area contributed by atoms with Crippen molar-refractivity contribution in [3.8, 4) is 0 Å². The van der Waals surface area contributed by atoms with Crippen LogP contribution in [0, 0.1) is 20.2 Å². The fourth-order valence-electron chi connectivity index (χ4n) is 8.40. The lowest BCUT2D eigenvalue weighted by molar-refractivity contribution is -0.385. The topological polar surface area (TPSA) is 246 Å². The van der Waals surface area contributed by atoms with Crippen molar-refractivity contribution < 1.29 is 23.1 Å². The second-order valence-corrected chi connectivity index (χ2v) is 21.1. The van der Waals surface area contributed by atoms with Gasteiger partial charge in [-0.1, -0.05) is 46.9 Å². The first-order chi connectivity index (χ1) is 38.2. The number of sulfonamides is 1. The zero-order chi connectivity index (χ0) is 56.2. The number of benzene rings is 1. The van der Waals surface area contributed by atoms with E-state index in [4.69, 9.17) is 34.8 Å². The molecule has 3 saturated heterocycles. The number of carbonyl (C=O) groups is 1. The highest BCUT2D eigenvalue weighted by molar-refractivity contribution is 7.89. The molecule has 79 heavy (non-hydrogen) atoms. The Morgan fingerprint density at radius 1 is 0.582 bits per heavy atom. The molecular formula is C53H58Cl3N15O7S. The zero-order valence-corrected chi connectivity index (χ0v) is 46.2. The number of aromatic nitrogens is 6. The molecule has 0 aliphatic carbocycles. The Hall–Kier alpha value is -7.67. The predicted octanol–water partition coefficient (Wildman–Crippen LogP) is 7.78. The number of piperazine rings is 3. The van der Waals surface area contributed by atoms with Crippen LogP contribution in [0.5, 0.6) is 0 Å². The van der Waals surface area contributed by atoms with Crippen molar-refractivity contribution in [1.29, 1.82) is 0 Å². The number of hydrogen-bond acceptors (Lipinski definition) is 19. The van der Waals surface area contributed by atoms with Crippen LogP contribution in [-0.2, 0) is 21.2 Å². The van der Waals surface area contributed by atoms with Crippen LogP contribution in [-0.4, -0.2) is 150 Å². The number of nitrogens with one attached hydrogen (secondary N) is 1. The lowest BCUT2D eigenvalue weighted by Gasteiger charge is -2.36. The first-order valence-electron chi connectivity index (χ1n) is 25.0. The Balaban J connectivity index is 0.000000175. The van der Waals surface area contributed by atoms with Gasteiger partial charge in [-0.3, -0.25) is 40.0 Å². The third-order valence-electron chi connectivity index (χ3n) is 12.8. The van der Waals surface area contributed by atoms with Gasteiger partial charge >= 0.3 is 0 Å². The number of halogens is 3. The lowest BCUT2D eigenvalue weighted by Crippen LogP contribution is -2.46. The van der Waals surface area contributed by atoms with Gasteiger partial charge in [-0.25, -0.2) is 27.7 Å². The number of pyridine rings is 6. The fourth-order valence-corrected chi connectivity index (χ4v) is 10.4. The molecule has 3 fully saturated rings. The Kier molecular flexibility index (Phi) is 21.9. The van der Waals surface area contributed by atoms with Gasteiger partial charge in [0.15, 0.2) is 0 Å². The molecule has 10 rings (SSSR count). The highest BCUT2D eigenvalue weighted by Crippen LogP contribution is 2.31. The molecule has 0 amide bonds. The Labute approximate surface area is 473 Å². The highest BCUT2D eigenvalue weighted by atomic mass is 35.5. The van der Waals surface area contributed by atoms with Crippen molar-refractivity contribution in [2.45, 2.75) is 17.7 Å². The summed E-state index contributed by atoms with van der Waals surface area (Å²) in [6, 6.07) is 26.3. The van der Waals surface area contributed by atoms with Crippen LogP contribution in [0.3, 0.4) is 0 Å². The van der Waals surface area contributed by atoms with Gasteiger partial charge in [-0.2, -0.15) is 0 Å². The van der Waals surface area contributed by atoms with E-state index in [0.29, 0.717) is 0 Å². The van der Waals surface area contributed by atoms with E-state index in [1.165, 1.54) is 66.7 Å². The summed E-state index contributed by atoms with van der Waals surface area (Å²) < 4.78 is 26.8. The molecule has 1 N–H and O–H groups in total. The summed E-state index contributed by atoms with van der Waals surface area (Å²) in [6.07, 6.45) is 15.3. The number of Topliss-reactive ketones (excluding diaryl/α,β-unsaturated/α-hetero) is 1. The van der Waals surface area contributed by atoms with E-state index in [2.05, 4.69) is 71.9 Å². The molecule has 6 aromatic heterocycles. The lowest BCUT2D eigenvalue weighted by atomic mass is 10.1. The largest absolute Gasteiger partial charge is 0.369 e. The van der Waals surface area contributed by atoms with Gasteiger partial charge in [0, 0.05) is 178 Å². The second kappa shape index (κ2) is 29.3. The number of carbonyl (C=O) groups excluding carboxylic acids is 1. The van der Waals surface area contributed by atoms with Crippen molar-refractivity contribution >= 4 is 90.7 Å². The van der Waals surface area contributed by atoms with Crippen LogP contribution in [0.4, 0.5) is 40.1 Å². The van der Waals surface area contributed by atoms with Crippen LogP contribution in [0.2, 0.25) is 15.2 Å². The number of ketones is 1. The fraction of sp³-hybridized carbons (Fsp3) is 0.302. The maximum Gasteiger partial charge on any atom is 0.287 e. The van der Waals surface area contributed by atoms with Gasteiger partial charge in [0.25, 0.3) is 11.4 Å². The van der Waals surface area contributed by atoms with Crippen LogP contribution in [0.15, 0.2) is 152 Å². The molecule has 3 aliphatic heterocycles. The summed E-state index contributed by atoms with van der Waals surface area (Å²) >= 11 is 17.4. The van der Waals surface area contributed by atoms with Crippen LogP contribution >= 0.6 is 34.8 Å². The van der Waals surface area contributed by atoms with E-state index in [9.17, 15) is 33.4 Å². The van der Waals surface area contributed by atoms with E-state index < -0.39 is 19.9 Å². The van der Waals surface area contributed by atoms with Gasteiger partial charge in [0.2, 0.25) is 10.0 Å². The molecule has 0 atom stereocenters. The van der Waals surface area contributed by atoms with E-state index in [0.717, 1.165) is 106 Å². The molecule has 22 nitrogen and oxygen atoms in total. The molecule has 0 bridgehead atoms. The smallest absolute Gasteiger partial charge is 0.287 e. The van der Waals surface area contributed by atoms with E-state index in [-0.39, 0.29) is 56.6 Å². The van der Waals surface area contributed by atoms with Gasteiger partial charge in [0.1, 0.15) is 39.9 Å². The van der Waals surface area contributed by atoms with Crippen LogP contribution in [0.1, 0.15) is 12.0 Å². The van der Waals surface area contributed by atoms with Crippen molar-refractivity contribution in [2.24, 2.45) is 0 Å². The Morgan fingerprint density at radius 3 is 1.46 bits per heavy atom. The molecule has 0 unspecified atom stereocenters. The minimum atomic E-state index is -3.86. The average Bonchev–Trinajstić information content (AvgIpc) is 3.52.